The second-order valence-electron chi connectivity index (χ2n) is 10.5. The van der Waals surface area contributed by atoms with Gasteiger partial charge in [-0.3, -0.25) is 0 Å². The number of rotatable bonds is 7. The van der Waals surface area contributed by atoms with Crippen LogP contribution < -0.4 is 0 Å². The van der Waals surface area contributed by atoms with E-state index in [1.165, 1.54) is 99.3 Å². The SMILES string of the molecule is CCCCc1ccc(-c2ccc(C#CC3=CCC(C4CCC(CCC)CC4)CC3)cc2)cc1. The topological polar surface area (TPSA) is 0 Å². The zero-order valence-corrected chi connectivity index (χ0v) is 20.9. The highest BCUT2D eigenvalue weighted by atomic mass is 14.3. The van der Waals surface area contributed by atoms with Gasteiger partial charge in [0.2, 0.25) is 0 Å². The van der Waals surface area contributed by atoms with Gasteiger partial charge < -0.3 is 0 Å². The Morgan fingerprint density at radius 3 is 2.03 bits per heavy atom. The third kappa shape index (κ3) is 6.86. The van der Waals surface area contributed by atoms with Gasteiger partial charge >= 0.3 is 0 Å². The Bertz CT molecular complexity index is 940. The monoisotopic (exact) mass is 438 g/mol. The lowest BCUT2D eigenvalue weighted by molar-refractivity contribution is 0.187. The highest BCUT2D eigenvalue weighted by Gasteiger charge is 2.28. The second-order valence-corrected chi connectivity index (χ2v) is 10.5. The fraction of sp³-hybridized carbons (Fsp3) is 0.515. The molecule has 1 fully saturated rings. The first-order valence-corrected chi connectivity index (χ1v) is 13.7. The van der Waals surface area contributed by atoms with Crippen molar-refractivity contribution >= 4 is 0 Å². The molecule has 2 aromatic carbocycles. The van der Waals surface area contributed by atoms with Gasteiger partial charge in [-0.1, -0.05) is 100 Å². The summed E-state index contributed by atoms with van der Waals surface area (Å²) in [5.41, 5.74) is 6.49. The van der Waals surface area contributed by atoms with Gasteiger partial charge in [0, 0.05) is 5.56 Å². The average Bonchev–Trinajstić information content (AvgIpc) is 2.88. The van der Waals surface area contributed by atoms with E-state index in [-0.39, 0.29) is 0 Å². The molecule has 0 heterocycles. The molecule has 1 unspecified atom stereocenters. The van der Waals surface area contributed by atoms with Crippen LogP contribution in [0.25, 0.3) is 11.1 Å². The Balaban J connectivity index is 1.29. The van der Waals surface area contributed by atoms with Crippen molar-refractivity contribution in [3.05, 3.63) is 71.3 Å². The zero-order chi connectivity index (χ0) is 22.9. The van der Waals surface area contributed by atoms with E-state index in [0.29, 0.717) is 0 Å². The molecule has 0 saturated heterocycles. The van der Waals surface area contributed by atoms with Crippen LogP contribution in [0.15, 0.2) is 60.2 Å². The lowest BCUT2D eigenvalue weighted by Crippen LogP contribution is -2.23. The van der Waals surface area contributed by atoms with E-state index in [2.05, 4.69) is 80.3 Å². The van der Waals surface area contributed by atoms with Crippen molar-refractivity contribution in [3.63, 3.8) is 0 Å². The van der Waals surface area contributed by atoms with Crippen LogP contribution >= 0.6 is 0 Å². The van der Waals surface area contributed by atoms with Crippen LogP contribution in [0.4, 0.5) is 0 Å². The minimum Gasteiger partial charge on any atom is -0.0726 e. The molecule has 33 heavy (non-hydrogen) atoms. The summed E-state index contributed by atoms with van der Waals surface area (Å²) in [6.07, 6.45) is 18.6. The summed E-state index contributed by atoms with van der Waals surface area (Å²) >= 11 is 0. The highest BCUT2D eigenvalue weighted by Crippen LogP contribution is 2.40. The van der Waals surface area contributed by atoms with Gasteiger partial charge in [-0.15, -0.1) is 0 Å². The Kier molecular flexibility index (Phi) is 8.88. The molecule has 2 aliphatic carbocycles. The fourth-order valence-electron chi connectivity index (χ4n) is 5.90. The molecular weight excluding hydrogens is 396 g/mol. The van der Waals surface area contributed by atoms with Crippen molar-refractivity contribution in [1.29, 1.82) is 0 Å². The van der Waals surface area contributed by atoms with Gasteiger partial charge in [-0.25, -0.2) is 0 Å². The second kappa shape index (κ2) is 12.3. The summed E-state index contributed by atoms with van der Waals surface area (Å²) in [6, 6.07) is 17.8. The van der Waals surface area contributed by atoms with Gasteiger partial charge in [0.25, 0.3) is 0 Å². The van der Waals surface area contributed by atoms with Gasteiger partial charge in [-0.2, -0.15) is 0 Å². The Hall–Kier alpha value is -2.26. The standard InChI is InChI=1S/C33H42/c1-3-5-7-27-12-20-31(21-13-27)33-24-16-29(17-25-33)9-8-28-14-22-32(23-15-28)30-18-10-26(6-4-2)11-19-30/h12-14,16-17,20-21,24-26,30,32H,3-7,10-11,15,18-19,22-23H2,1-2H3. The van der Waals surface area contributed by atoms with E-state index in [4.69, 9.17) is 0 Å². The van der Waals surface area contributed by atoms with Crippen LogP contribution in [-0.4, -0.2) is 0 Å². The number of hydrogen-bond donors (Lipinski definition) is 0. The van der Waals surface area contributed by atoms with Gasteiger partial charge in [0.1, 0.15) is 0 Å². The molecule has 0 radical (unpaired) electrons. The Morgan fingerprint density at radius 1 is 0.727 bits per heavy atom. The molecule has 1 saturated carbocycles. The first kappa shape index (κ1) is 23.9. The van der Waals surface area contributed by atoms with Crippen LogP contribution in [0.1, 0.15) is 95.6 Å². The molecule has 2 aliphatic rings. The summed E-state index contributed by atoms with van der Waals surface area (Å²) in [6.45, 7) is 4.59. The Morgan fingerprint density at radius 2 is 1.42 bits per heavy atom. The molecule has 0 aliphatic heterocycles. The van der Waals surface area contributed by atoms with E-state index in [9.17, 15) is 0 Å². The van der Waals surface area contributed by atoms with E-state index < -0.39 is 0 Å². The maximum absolute atomic E-state index is 3.48. The number of unbranched alkanes of at least 4 members (excludes halogenated alkanes) is 1. The molecule has 2 aromatic rings. The van der Waals surface area contributed by atoms with Crippen molar-refractivity contribution in [2.45, 2.75) is 90.9 Å². The Labute approximate surface area is 202 Å². The third-order valence-electron chi connectivity index (χ3n) is 8.07. The molecule has 0 nitrogen and oxygen atoms in total. The minimum atomic E-state index is 0.908. The highest BCUT2D eigenvalue weighted by molar-refractivity contribution is 5.64. The normalized spacial score (nSPS) is 22.8. The summed E-state index contributed by atoms with van der Waals surface area (Å²) in [7, 11) is 0. The maximum Gasteiger partial charge on any atom is 0.0249 e. The fourth-order valence-corrected chi connectivity index (χ4v) is 5.90. The van der Waals surface area contributed by atoms with Crippen LogP contribution in [0.2, 0.25) is 0 Å². The van der Waals surface area contributed by atoms with Crippen molar-refractivity contribution in [3.8, 4) is 23.0 Å². The van der Waals surface area contributed by atoms with E-state index >= 15 is 0 Å². The molecule has 174 valence electrons. The van der Waals surface area contributed by atoms with Crippen molar-refractivity contribution < 1.29 is 0 Å². The van der Waals surface area contributed by atoms with Gasteiger partial charge in [-0.05, 0) is 97.1 Å². The van der Waals surface area contributed by atoms with E-state index in [0.717, 1.165) is 23.3 Å². The number of benzene rings is 2. The van der Waals surface area contributed by atoms with Gasteiger partial charge in [0.15, 0.2) is 0 Å². The number of aryl methyl sites for hydroxylation is 1. The van der Waals surface area contributed by atoms with Gasteiger partial charge in [0.05, 0.1) is 0 Å². The first-order chi connectivity index (χ1) is 16.2. The molecule has 0 N–H and O–H groups in total. The van der Waals surface area contributed by atoms with Crippen LogP contribution in [0.5, 0.6) is 0 Å². The summed E-state index contributed by atoms with van der Waals surface area (Å²) in [5.74, 6) is 9.80. The molecule has 0 heteroatoms. The largest absolute Gasteiger partial charge is 0.0726 e. The number of hydrogen-bond acceptors (Lipinski definition) is 0. The molecule has 0 bridgehead atoms. The lowest BCUT2D eigenvalue weighted by atomic mass is 9.71. The zero-order valence-electron chi connectivity index (χ0n) is 20.9. The van der Waals surface area contributed by atoms with E-state index in [1.807, 2.05) is 0 Å². The molecular formula is C33H42. The number of allylic oxidation sites excluding steroid dienone is 2. The van der Waals surface area contributed by atoms with Crippen LogP contribution in [-0.2, 0) is 6.42 Å². The first-order valence-electron chi connectivity index (χ1n) is 13.7. The summed E-state index contributed by atoms with van der Waals surface area (Å²) < 4.78 is 0. The van der Waals surface area contributed by atoms with E-state index in [1.54, 1.807) is 0 Å². The average molecular weight is 439 g/mol. The molecule has 1 atom stereocenters. The minimum absolute atomic E-state index is 0.908. The van der Waals surface area contributed by atoms with Crippen LogP contribution in [0, 0.1) is 29.6 Å². The summed E-state index contributed by atoms with van der Waals surface area (Å²) in [4.78, 5) is 0. The maximum atomic E-state index is 3.48. The van der Waals surface area contributed by atoms with Crippen LogP contribution in [0.3, 0.4) is 0 Å². The predicted octanol–water partition coefficient (Wildman–Crippen LogP) is 9.38. The third-order valence-corrected chi connectivity index (χ3v) is 8.07. The lowest BCUT2D eigenvalue weighted by Gasteiger charge is -2.35. The van der Waals surface area contributed by atoms with Crippen molar-refractivity contribution in [2.24, 2.45) is 17.8 Å². The smallest absolute Gasteiger partial charge is 0.0249 e. The molecule has 0 amide bonds. The van der Waals surface area contributed by atoms with Crippen molar-refractivity contribution in [2.75, 3.05) is 0 Å². The van der Waals surface area contributed by atoms with Crippen molar-refractivity contribution in [1.82, 2.24) is 0 Å². The molecule has 0 spiro atoms. The molecule has 0 aromatic heterocycles. The molecule has 4 rings (SSSR count). The quantitative estimate of drug-likeness (QED) is 0.378. The summed E-state index contributed by atoms with van der Waals surface area (Å²) in [5, 5.41) is 0. The predicted molar refractivity (Wildman–Crippen MR) is 143 cm³/mol.